The van der Waals surface area contributed by atoms with Crippen LogP contribution in [-0.2, 0) is 12.0 Å². The number of rotatable bonds is 4. The quantitative estimate of drug-likeness (QED) is 0.700. The van der Waals surface area contributed by atoms with Crippen molar-refractivity contribution in [2.24, 2.45) is 0 Å². The van der Waals surface area contributed by atoms with Gasteiger partial charge in [0.25, 0.3) is 5.56 Å². The minimum atomic E-state index is -0.258. The molecule has 0 bridgehead atoms. The van der Waals surface area contributed by atoms with E-state index in [2.05, 4.69) is 30.7 Å². The topological polar surface area (TPSA) is 37.6 Å². The third kappa shape index (κ3) is 3.58. The lowest BCUT2D eigenvalue weighted by Crippen LogP contribution is -2.26. The number of hydrogen-bond acceptors (Lipinski definition) is 4. The van der Waals surface area contributed by atoms with E-state index in [1.54, 1.807) is 22.6 Å². The van der Waals surface area contributed by atoms with Crippen molar-refractivity contribution < 1.29 is 4.39 Å². The van der Waals surface area contributed by atoms with Crippen molar-refractivity contribution in [1.82, 2.24) is 9.38 Å². The van der Waals surface area contributed by atoms with Crippen molar-refractivity contribution in [2.75, 3.05) is 11.4 Å². The van der Waals surface area contributed by atoms with Gasteiger partial charge in [-0.2, -0.15) is 0 Å². The van der Waals surface area contributed by atoms with Crippen LogP contribution in [0.15, 0.2) is 40.5 Å². The van der Waals surface area contributed by atoms with Crippen LogP contribution in [-0.4, -0.2) is 15.9 Å². The number of nitrogens with zero attached hydrogens (tertiary/aromatic N) is 3. The summed E-state index contributed by atoms with van der Waals surface area (Å²) < 4.78 is 14.8. The normalized spacial score (nSPS) is 11.9. The summed E-state index contributed by atoms with van der Waals surface area (Å²) in [6, 6.07) is 7.97. The highest BCUT2D eigenvalue weighted by molar-refractivity contribution is 7.15. The predicted molar refractivity (Wildman–Crippen MR) is 101 cm³/mol. The van der Waals surface area contributed by atoms with Crippen LogP contribution in [0, 0.1) is 5.82 Å². The summed E-state index contributed by atoms with van der Waals surface area (Å²) in [5.74, 6) is -0.258. The highest BCUT2D eigenvalue weighted by Crippen LogP contribution is 2.26. The van der Waals surface area contributed by atoms with Crippen LogP contribution in [0.1, 0.15) is 39.1 Å². The predicted octanol–water partition coefficient (Wildman–Crippen LogP) is 4.22. The monoisotopic (exact) mass is 359 g/mol. The van der Waals surface area contributed by atoms with Crippen LogP contribution in [0.5, 0.6) is 0 Å². The van der Waals surface area contributed by atoms with Crippen LogP contribution in [0.25, 0.3) is 4.96 Å². The van der Waals surface area contributed by atoms with Gasteiger partial charge < -0.3 is 4.90 Å². The van der Waals surface area contributed by atoms with E-state index in [0.717, 1.165) is 23.6 Å². The lowest BCUT2D eigenvalue weighted by Gasteiger charge is -2.23. The van der Waals surface area contributed by atoms with Gasteiger partial charge in [0, 0.05) is 34.8 Å². The Morgan fingerprint density at radius 1 is 1.24 bits per heavy atom. The lowest BCUT2D eigenvalue weighted by molar-refractivity contribution is 0.560. The maximum atomic E-state index is 13.1. The molecule has 0 saturated carbocycles. The van der Waals surface area contributed by atoms with Crippen molar-refractivity contribution in [2.45, 2.75) is 39.7 Å². The zero-order chi connectivity index (χ0) is 18.2. The van der Waals surface area contributed by atoms with E-state index < -0.39 is 0 Å². The second kappa shape index (κ2) is 6.59. The molecule has 0 aliphatic heterocycles. The number of anilines is 1. The van der Waals surface area contributed by atoms with E-state index in [9.17, 15) is 9.18 Å². The molecule has 0 unspecified atom stereocenters. The largest absolute Gasteiger partial charge is 0.366 e. The number of fused-ring (bicyclic) bond motifs is 1. The van der Waals surface area contributed by atoms with Gasteiger partial charge in [0.15, 0.2) is 4.96 Å². The first-order valence-corrected chi connectivity index (χ1v) is 9.18. The highest BCUT2D eigenvalue weighted by Gasteiger charge is 2.20. The Morgan fingerprint density at radius 2 is 1.92 bits per heavy atom. The molecular formula is C19H22FN3OS. The van der Waals surface area contributed by atoms with E-state index in [1.165, 1.54) is 23.5 Å². The van der Waals surface area contributed by atoms with E-state index in [1.807, 2.05) is 12.3 Å². The molecule has 0 aliphatic rings. The van der Waals surface area contributed by atoms with Gasteiger partial charge in [0.2, 0.25) is 0 Å². The van der Waals surface area contributed by atoms with Crippen molar-refractivity contribution in [3.63, 3.8) is 0 Å². The Hall–Kier alpha value is -2.21. The Balaban J connectivity index is 1.96. The first-order valence-electron chi connectivity index (χ1n) is 8.31. The molecule has 0 radical (unpaired) electrons. The molecule has 0 fully saturated rings. The minimum Gasteiger partial charge on any atom is -0.366 e. The third-order valence-electron chi connectivity index (χ3n) is 4.15. The van der Waals surface area contributed by atoms with Gasteiger partial charge in [-0.3, -0.25) is 9.20 Å². The molecule has 0 atom stereocenters. The molecule has 0 amide bonds. The van der Waals surface area contributed by atoms with Crippen LogP contribution in [0.4, 0.5) is 10.1 Å². The third-order valence-corrected chi connectivity index (χ3v) is 4.98. The minimum absolute atomic E-state index is 0.0543. The molecule has 2 aromatic heterocycles. The summed E-state index contributed by atoms with van der Waals surface area (Å²) in [5.41, 5.74) is 2.43. The second-order valence-electron chi connectivity index (χ2n) is 7.07. The van der Waals surface area contributed by atoms with Crippen LogP contribution >= 0.6 is 11.3 Å². The molecule has 132 valence electrons. The van der Waals surface area contributed by atoms with Crippen LogP contribution in [0.3, 0.4) is 0 Å². The zero-order valence-corrected chi connectivity index (χ0v) is 15.7. The van der Waals surface area contributed by atoms with Gasteiger partial charge in [-0.25, -0.2) is 9.37 Å². The first-order chi connectivity index (χ1) is 11.8. The van der Waals surface area contributed by atoms with Crippen molar-refractivity contribution in [3.05, 3.63) is 63.3 Å². The number of thiazole rings is 1. The standard InChI is InChI=1S/C19H22FN3OS/c1-5-22(15-8-6-13(20)7-9-15)11-14-10-17(24)23-16(19(2,3)4)12-25-18(23)21-14/h6-10,12H,5,11H2,1-4H3. The molecule has 6 heteroatoms. The zero-order valence-electron chi connectivity index (χ0n) is 14.9. The maximum Gasteiger partial charge on any atom is 0.259 e. The molecule has 3 aromatic rings. The maximum absolute atomic E-state index is 13.1. The fourth-order valence-electron chi connectivity index (χ4n) is 2.79. The molecule has 0 N–H and O–H groups in total. The van der Waals surface area contributed by atoms with Gasteiger partial charge in [0.05, 0.1) is 12.2 Å². The van der Waals surface area contributed by atoms with Crippen molar-refractivity contribution in [1.29, 1.82) is 0 Å². The summed E-state index contributed by atoms with van der Waals surface area (Å²) in [5, 5.41) is 2.01. The molecule has 3 rings (SSSR count). The second-order valence-corrected chi connectivity index (χ2v) is 7.90. The smallest absolute Gasteiger partial charge is 0.259 e. The number of aromatic nitrogens is 2. The SMILES string of the molecule is CCN(Cc1cc(=O)n2c(C(C)(C)C)csc2n1)c1ccc(F)cc1. The molecule has 2 heterocycles. The van der Waals surface area contributed by atoms with E-state index in [0.29, 0.717) is 11.5 Å². The fraction of sp³-hybridized carbons (Fsp3) is 0.368. The van der Waals surface area contributed by atoms with E-state index in [4.69, 9.17) is 0 Å². The molecular weight excluding hydrogens is 337 g/mol. The highest BCUT2D eigenvalue weighted by atomic mass is 32.1. The molecule has 0 saturated heterocycles. The van der Waals surface area contributed by atoms with Crippen LogP contribution in [0.2, 0.25) is 0 Å². The average Bonchev–Trinajstić information content (AvgIpc) is 2.98. The Bertz CT molecular complexity index is 938. The lowest BCUT2D eigenvalue weighted by atomic mass is 9.93. The molecule has 1 aromatic carbocycles. The molecule has 4 nitrogen and oxygen atoms in total. The van der Waals surface area contributed by atoms with Gasteiger partial charge in [0.1, 0.15) is 5.82 Å². The molecule has 0 aliphatic carbocycles. The van der Waals surface area contributed by atoms with Crippen molar-refractivity contribution >= 4 is 22.0 Å². The summed E-state index contributed by atoms with van der Waals surface area (Å²) in [4.78, 5) is 20.1. The fourth-order valence-corrected chi connectivity index (χ4v) is 3.93. The Kier molecular flexibility index (Phi) is 4.64. The number of benzene rings is 1. The molecule has 25 heavy (non-hydrogen) atoms. The summed E-state index contributed by atoms with van der Waals surface area (Å²) in [6.07, 6.45) is 0. The Labute approximate surface area is 150 Å². The van der Waals surface area contributed by atoms with Crippen LogP contribution < -0.4 is 10.5 Å². The van der Waals surface area contributed by atoms with Crippen molar-refractivity contribution in [3.8, 4) is 0 Å². The van der Waals surface area contributed by atoms with Gasteiger partial charge >= 0.3 is 0 Å². The number of hydrogen-bond donors (Lipinski definition) is 0. The van der Waals surface area contributed by atoms with Gasteiger partial charge in [-0.05, 0) is 31.2 Å². The van der Waals surface area contributed by atoms with E-state index >= 15 is 0 Å². The Morgan fingerprint density at radius 3 is 2.52 bits per heavy atom. The number of halogens is 1. The first kappa shape index (κ1) is 17.6. The summed E-state index contributed by atoms with van der Waals surface area (Å²) in [7, 11) is 0. The summed E-state index contributed by atoms with van der Waals surface area (Å²) in [6.45, 7) is 9.53. The molecule has 0 spiro atoms. The average molecular weight is 359 g/mol. The van der Waals surface area contributed by atoms with E-state index in [-0.39, 0.29) is 16.8 Å². The summed E-state index contributed by atoms with van der Waals surface area (Å²) >= 11 is 1.49. The van der Waals surface area contributed by atoms with Gasteiger partial charge in [-0.1, -0.05) is 20.8 Å². The van der Waals surface area contributed by atoms with Gasteiger partial charge in [-0.15, -0.1) is 11.3 Å².